The molecule has 1 N–H and O–H groups in total. The summed E-state index contributed by atoms with van der Waals surface area (Å²) in [5.41, 5.74) is 2.62. The molecule has 0 aliphatic heterocycles. The largest absolute Gasteiger partial charge is 0.319 e. The molecule has 1 aromatic heterocycles. The normalized spacial score (nSPS) is 26.2. The molecule has 2 heteroatoms. The third kappa shape index (κ3) is 4.54. The quantitative estimate of drug-likeness (QED) is 0.852. The van der Waals surface area contributed by atoms with Crippen LogP contribution in [0.15, 0.2) is 18.3 Å². The van der Waals surface area contributed by atoms with Crippen molar-refractivity contribution >= 4 is 0 Å². The third-order valence-electron chi connectivity index (χ3n) is 5.36. The average molecular weight is 288 g/mol. The van der Waals surface area contributed by atoms with Crippen LogP contribution in [0.2, 0.25) is 0 Å². The summed E-state index contributed by atoms with van der Waals surface area (Å²) in [6.45, 7) is 8.11. The van der Waals surface area contributed by atoms with E-state index in [-0.39, 0.29) is 0 Å². The third-order valence-corrected chi connectivity index (χ3v) is 5.36. The van der Waals surface area contributed by atoms with Gasteiger partial charge in [-0.15, -0.1) is 0 Å². The second-order valence-electron chi connectivity index (χ2n) is 7.11. The van der Waals surface area contributed by atoms with E-state index in [1.54, 1.807) is 0 Å². The molecule has 1 fully saturated rings. The van der Waals surface area contributed by atoms with Crippen LogP contribution in [0.4, 0.5) is 0 Å². The number of hydrogen-bond acceptors (Lipinski definition) is 2. The maximum absolute atomic E-state index is 4.69. The van der Waals surface area contributed by atoms with Gasteiger partial charge in [0.05, 0.1) is 0 Å². The van der Waals surface area contributed by atoms with Crippen LogP contribution in [-0.4, -0.2) is 18.6 Å². The summed E-state index contributed by atoms with van der Waals surface area (Å²) in [6.07, 6.45) is 8.45. The monoisotopic (exact) mass is 288 g/mol. The first kappa shape index (κ1) is 16.5. The lowest BCUT2D eigenvalue weighted by Gasteiger charge is -2.38. The van der Waals surface area contributed by atoms with Crippen LogP contribution < -0.4 is 5.32 Å². The minimum absolute atomic E-state index is 0.790. The second kappa shape index (κ2) is 7.93. The van der Waals surface area contributed by atoms with E-state index in [1.807, 2.05) is 0 Å². The predicted molar refractivity (Wildman–Crippen MR) is 90.4 cm³/mol. The van der Waals surface area contributed by atoms with Gasteiger partial charge in [-0.25, -0.2) is 0 Å². The van der Waals surface area contributed by atoms with E-state index in [1.165, 1.54) is 30.5 Å². The van der Waals surface area contributed by atoms with Gasteiger partial charge in [-0.05, 0) is 81.0 Å². The van der Waals surface area contributed by atoms with Crippen LogP contribution in [0.5, 0.6) is 0 Å². The van der Waals surface area contributed by atoms with Gasteiger partial charge in [0.25, 0.3) is 0 Å². The van der Waals surface area contributed by atoms with E-state index < -0.39 is 0 Å². The Hall–Kier alpha value is -0.890. The molecule has 2 nitrogen and oxygen atoms in total. The van der Waals surface area contributed by atoms with E-state index in [0.717, 1.165) is 43.1 Å². The maximum atomic E-state index is 4.69. The second-order valence-corrected chi connectivity index (χ2v) is 7.11. The molecule has 0 bridgehead atoms. The highest BCUT2D eigenvalue weighted by Gasteiger charge is 2.31. The van der Waals surface area contributed by atoms with E-state index in [2.05, 4.69) is 56.4 Å². The Morgan fingerprint density at radius 1 is 1.24 bits per heavy atom. The summed E-state index contributed by atoms with van der Waals surface area (Å²) >= 11 is 0. The van der Waals surface area contributed by atoms with Gasteiger partial charge in [-0.3, -0.25) is 4.98 Å². The first-order chi connectivity index (χ1) is 10.1. The molecular formula is C19H32N2. The van der Waals surface area contributed by atoms with Crippen molar-refractivity contribution in [2.75, 3.05) is 13.6 Å². The van der Waals surface area contributed by atoms with Crippen molar-refractivity contribution < 1.29 is 0 Å². The number of nitrogens with zero attached hydrogens (tertiary/aromatic N) is 1. The van der Waals surface area contributed by atoms with Crippen molar-refractivity contribution in [3.05, 3.63) is 29.6 Å². The van der Waals surface area contributed by atoms with Gasteiger partial charge in [-0.2, -0.15) is 0 Å². The van der Waals surface area contributed by atoms with E-state index in [0.29, 0.717) is 0 Å². The Bertz CT molecular complexity index is 410. The van der Waals surface area contributed by atoms with Crippen molar-refractivity contribution in [2.24, 2.45) is 23.7 Å². The van der Waals surface area contributed by atoms with Gasteiger partial charge in [-0.1, -0.05) is 26.8 Å². The SMILES string of the molecule is CCc1ccc(CC2CC(C(C)C)CCC2CNC)nc1. The van der Waals surface area contributed by atoms with Gasteiger partial charge in [0.1, 0.15) is 0 Å². The lowest BCUT2D eigenvalue weighted by Crippen LogP contribution is -2.34. The molecule has 1 saturated carbocycles. The molecule has 2 rings (SSSR count). The molecule has 1 aliphatic rings. The van der Waals surface area contributed by atoms with Crippen LogP contribution >= 0.6 is 0 Å². The van der Waals surface area contributed by atoms with Crippen molar-refractivity contribution in [3.8, 4) is 0 Å². The van der Waals surface area contributed by atoms with Gasteiger partial charge in [0, 0.05) is 11.9 Å². The van der Waals surface area contributed by atoms with Gasteiger partial charge in [0.2, 0.25) is 0 Å². The number of rotatable bonds is 6. The molecule has 0 amide bonds. The Morgan fingerprint density at radius 3 is 2.62 bits per heavy atom. The summed E-state index contributed by atoms with van der Waals surface area (Å²) < 4.78 is 0. The van der Waals surface area contributed by atoms with E-state index in [4.69, 9.17) is 0 Å². The van der Waals surface area contributed by atoms with E-state index >= 15 is 0 Å². The Kier molecular flexibility index (Phi) is 6.22. The van der Waals surface area contributed by atoms with Crippen LogP contribution in [0.1, 0.15) is 51.3 Å². The summed E-state index contributed by atoms with van der Waals surface area (Å²) in [5, 5.41) is 3.40. The van der Waals surface area contributed by atoms with Crippen molar-refractivity contribution in [1.82, 2.24) is 10.3 Å². The fraction of sp³-hybridized carbons (Fsp3) is 0.737. The van der Waals surface area contributed by atoms with Gasteiger partial charge < -0.3 is 5.32 Å². The number of hydrogen-bond donors (Lipinski definition) is 1. The van der Waals surface area contributed by atoms with Gasteiger partial charge in [0.15, 0.2) is 0 Å². The fourth-order valence-corrected chi connectivity index (χ4v) is 3.80. The predicted octanol–water partition coefficient (Wildman–Crippen LogP) is 4.09. The molecule has 118 valence electrons. The highest BCUT2D eigenvalue weighted by atomic mass is 14.8. The van der Waals surface area contributed by atoms with Gasteiger partial charge >= 0.3 is 0 Å². The molecule has 0 aromatic carbocycles. The number of aromatic nitrogens is 1. The van der Waals surface area contributed by atoms with E-state index in [9.17, 15) is 0 Å². The topological polar surface area (TPSA) is 24.9 Å². The van der Waals surface area contributed by atoms with Crippen LogP contribution in [-0.2, 0) is 12.8 Å². The van der Waals surface area contributed by atoms with Crippen LogP contribution in [0.3, 0.4) is 0 Å². The zero-order valence-corrected chi connectivity index (χ0v) is 14.2. The number of aryl methyl sites for hydroxylation is 1. The first-order valence-corrected chi connectivity index (χ1v) is 8.72. The smallest absolute Gasteiger partial charge is 0.0406 e. The first-order valence-electron chi connectivity index (χ1n) is 8.72. The molecule has 3 atom stereocenters. The number of nitrogens with one attached hydrogen (secondary N) is 1. The molecule has 1 heterocycles. The van der Waals surface area contributed by atoms with Crippen molar-refractivity contribution in [1.29, 1.82) is 0 Å². The molecule has 0 radical (unpaired) electrons. The van der Waals surface area contributed by atoms with Crippen molar-refractivity contribution in [3.63, 3.8) is 0 Å². The highest BCUT2D eigenvalue weighted by Crippen LogP contribution is 2.38. The van der Waals surface area contributed by atoms with Crippen molar-refractivity contribution in [2.45, 2.75) is 52.9 Å². The molecular weight excluding hydrogens is 256 g/mol. The zero-order chi connectivity index (χ0) is 15.2. The Balaban J connectivity index is 2.03. The Morgan fingerprint density at radius 2 is 2.05 bits per heavy atom. The maximum Gasteiger partial charge on any atom is 0.0406 e. The lowest BCUT2D eigenvalue weighted by molar-refractivity contribution is 0.145. The summed E-state index contributed by atoms with van der Waals surface area (Å²) in [5.74, 6) is 3.33. The fourth-order valence-electron chi connectivity index (χ4n) is 3.80. The lowest BCUT2D eigenvalue weighted by atomic mass is 9.69. The summed E-state index contributed by atoms with van der Waals surface area (Å²) in [6, 6.07) is 4.49. The summed E-state index contributed by atoms with van der Waals surface area (Å²) in [7, 11) is 2.08. The minimum Gasteiger partial charge on any atom is -0.319 e. The zero-order valence-electron chi connectivity index (χ0n) is 14.2. The molecule has 3 unspecified atom stereocenters. The van der Waals surface area contributed by atoms with Crippen LogP contribution in [0, 0.1) is 23.7 Å². The molecule has 21 heavy (non-hydrogen) atoms. The minimum atomic E-state index is 0.790. The standard InChI is InChI=1S/C19H32N2/c1-5-15-6-9-19(21-12-15)11-18-10-16(14(2)3)7-8-17(18)13-20-4/h6,9,12,14,16-18,20H,5,7-8,10-11,13H2,1-4H3. The Labute approximate surface area is 130 Å². The molecule has 1 aliphatic carbocycles. The highest BCUT2D eigenvalue weighted by molar-refractivity contribution is 5.14. The van der Waals surface area contributed by atoms with Crippen LogP contribution in [0.25, 0.3) is 0 Å². The average Bonchev–Trinajstić information content (AvgIpc) is 2.50. The molecule has 0 spiro atoms. The number of pyridine rings is 1. The molecule has 0 saturated heterocycles. The molecule has 1 aromatic rings. The summed E-state index contributed by atoms with van der Waals surface area (Å²) in [4.78, 5) is 4.69.